The molecular formula is C15H32N2S. The van der Waals surface area contributed by atoms with Crippen molar-refractivity contribution in [2.24, 2.45) is 5.92 Å². The first kappa shape index (κ1) is 16.3. The second-order valence-corrected chi connectivity index (χ2v) is 7.02. The molecule has 1 fully saturated rings. The van der Waals surface area contributed by atoms with Crippen LogP contribution in [0.4, 0.5) is 0 Å². The molecule has 3 unspecified atom stereocenters. The Labute approximate surface area is 118 Å². The van der Waals surface area contributed by atoms with Gasteiger partial charge in [0.15, 0.2) is 0 Å². The van der Waals surface area contributed by atoms with Crippen molar-refractivity contribution in [1.82, 2.24) is 10.2 Å². The first-order chi connectivity index (χ1) is 8.69. The summed E-state index contributed by atoms with van der Waals surface area (Å²) in [5, 5.41) is 3.75. The van der Waals surface area contributed by atoms with Crippen LogP contribution in [-0.2, 0) is 0 Å². The summed E-state index contributed by atoms with van der Waals surface area (Å²) >= 11 is 2.07. The van der Waals surface area contributed by atoms with Crippen LogP contribution in [0.3, 0.4) is 0 Å². The summed E-state index contributed by atoms with van der Waals surface area (Å²) in [6.45, 7) is 13.1. The maximum atomic E-state index is 3.75. The summed E-state index contributed by atoms with van der Waals surface area (Å²) in [7, 11) is 0. The predicted molar refractivity (Wildman–Crippen MR) is 84.5 cm³/mol. The summed E-state index contributed by atoms with van der Waals surface area (Å²) in [6.07, 6.45) is 3.93. The molecule has 0 bridgehead atoms. The number of rotatable bonds is 7. The van der Waals surface area contributed by atoms with E-state index >= 15 is 0 Å². The minimum Gasteiger partial charge on any atom is -0.312 e. The molecule has 1 N–H and O–H groups in total. The van der Waals surface area contributed by atoms with Gasteiger partial charge >= 0.3 is 0 Å². The van der Waals surface area contributed by atoms with Crippen LogP contribution >= 0.6 is 11.8 Å². The van der Waals surface area contributed by atoms with Crippen molar-refractivity contribution < 1.29 is 0 Å². The molecule has 108 valence electrons. The zero-order valence-electron chi connectivity index (χ0n) is 12.7. The van der Waals surface area contributed by atoms with Crippen molar-refractivity contribution in [1.29, 1.82) is 0 Å². The van der Waals surface area contributed by atoms with Gasteiger partial charge in [-0.25, -0.2) is 0 Å². The standard InChI is InChI=1S/C15H32N2S/c1-5-13(3)15-12-17(10-7-11-18-6-2)14(4)8-9-16-15/h13-16H,5-12H2,1-4H3. The molecule has 0 spiro atoms. The molecule has 0 aromatic carbocycles. The fourth-order valence-corrected chi connectivity index (χ4v) is 3.27. The van der Waals surface area contributed by atoms with Crippen molar-refractivity contribution >= 4 is 11.8 Å². The number of hydrogen-bond donors (Lipinski definition) is 1. The second kappa shape index (κ2) is 9.22. The van der Waals surface area contributed by atoms with Crippen molar-refractivity contribution in [3.63, 3.8) is 0 Å². The van der Waals surface area contributed by atoms with E-state index in [-0.39, 0.29) is 0 Å². The van der Waals surface area contributed by atoms with Gasteiger partial charge in [-0.3, -0.25) is 4.90 Å². The normalized spacial score (nSPS) is 28.0. The molecule has 3 atom stereocenters. The van der Waals surface area contributed by atoms with Crippen LogP contribution in [0.1, 0.15) is 47.0 Å². The summed E-state index contributed by atoms with van der Waals surface area (Å²) in [5.41, 5.74) is 0. The van der Waals surface area contributed by atoms with E-state index in [0.717, 1.165) is 12.0 Å². The van der Waals surface area contributed by atoms with Gasteiger partial charge in [0, 0.05) is 18.6 Å². The van der Waals surface area contributed by atoms with E-state index in [4.69, 9.17) is 0 Å². The lowest BCUT2D eigenvalue weighted by Gasteiger charge is -2.31. The summed E-state index contributed by atoms with van der Waals surface area (Å²) < 4.78 is 0. The lowest BCUT2D eigenvalue weighted by atomic mass is 9.99. The van der Waals surface area contributed by atoms with E-state index in [1.165, 1.54) is 50.4 Å². The molecule has 0 aromatic rings. The van der Waals surface area contributed by atoms with Gasteiger partial charge in [-0.15, -0.1) is 0 Å². The minimum atomic E-state index is 0.693. The maximum Gasteiger partial charge on any atom is 0.0220 e. The fraction of sp³-hybridized carbons (Fsp3) is 1.00. The molecular weight excluding hydrogens is 240 g/mol. The zero-order valence-corrected chi connectivity index (χ0v) is 13.6. The Kier molecular flexibility index (Phi) is 8.36. The third-order valence-electron chi connectivity index (χ3n) is 4.29. The Bertz CT molecular complexity index is 211. The average molecular weight is 273 g/mol. The van der Waals surface area contributed by atoms with E-state index < -0.39 is 0 Å². The largest absolute Gasteiger partial charge is 0.312 e. The highest BCUT2D eigenvalue weighted by molar-refractivity contribution is 7.99. The molecule has 1 saturated heterocycles. The van der Waals surface area contributed by atoms with Crippen LogP contribution < -0.4 is 5.32 Å². The molecule has 1 rings (SSSR count). The number of hydrogen-bond acceptors (Lipinski definition) is 3. The molecule has 1 aliphatic heterocycles. The highest BCUT2D eigenvalue weighted by atomic mass is 32.2. The highest BCUT2D eigenvalue weighted by Gasteiger charge is 2.25. The van der Waals surface area contributed by atoms with E-state index in [0.29, 0.717) is 6.04 Å². The molecule has 0 radical (unpaired) electrons. The quantitative estimate of drug-likeness (QED) is 0.716. The van der Waals surface area contributed by atoms with Crippen LogP contribution in [0.15, 0.2) is 0 Å². The van der Waals surface area contributed by atoms with Crippen LogP contribution in [0.2, 0.25) is 0 Å². The Hall–Kier alpha value is 0.270. The molecule has 1 aliphatic rings. The van der Waals surface area contributed by atoms with Crippen molar-refractivity contribution in [3.05, 3.63) is 0 Å². The minimum absolute atomic E-state index is 0.693. The molecule has 0 aromatic heterocycles. The van der Waals surface area contributed by atoms with Crippen LogP contribution in [0, 0.1) is 5.92 Å². The van der Waals surface area contributed by atoms with Crippen LogP contribution in [-0.4, -0.2) is 48.1 Å². The number of nitrogens with one attached hydrogen (secondary N) is 1. The Balaban J connectivity index is 2.40. The lowest BCUT2D eigenvalue weighted by Crippen LogP contribution is -2.43. The molecule has 0 aliphatic carbocycles. The molecule has 1 heterocycles. The van der Waals surface area contributed by atoms with Crippen molar-refractivity contribution in [2.75, 3.05) is 31.1 Å². The monoisotopic (exact) mass is 272 g/mol. The Morgan fingerprint density at radius 1 is 1.39 bits per heavy atom. The zero-order chi connectivity index (χ0) is 13.4. The Morgan fingerprint density at radius 2 is 2.17 bits per heavy atom. The average Bonchev–Trinajstić information content (AvgIpc) is 2.56. The fourth-order valence-electron chi connectivity index (χ4n) is 2.65. The molecule has 0 saturated carbocycles. The Morgan fingerprint density at radius 3 is 2.83 bits per heavy atom. The molecule has 0 amide bonds. The second-order valence-electron chi connectivity index (χ2n) is 5.63. The van der Waals surface area contributed by atoms with Gasteiger partial charge < -0.3 is 5.32 Å². The molecule has 18 heavy (non-hydrogen) atoms. The van der Waals surface area contributed by atoms with Gasteiger partial charge in [-0.1, -0.05) is 27.2 Å². The third kappa shape index (κ3) is 5.50. The molecule has 3 heteroatoms. The third-order valence-corrected chi connectivity index (χ3v) is 5.28. The van der Waals surface area contributed by atoms with E-state index in [1.807, 2.05) is 0 Å². The topological polar surface area (TPSA) is 15.3 Å². The van der Waals surface area contributed by atoms with Crippen LogP contribution in [0.5, 0.6) is 0 Å². The van der Waals surface area contributed by atoms with Gasteiger partial charge in [-0.05, 0) is 50.3 Å². The van der Waals surface area contributed by atoms with Gasteiger partial charge in [-0.2, -0.15) is 11.8 Å². The van der Waals surface area contributed by atoms with E-state index in [1.54, 1.807) is 0 Å². The highest BCUT2D eigenvalue weighted by Crippen LogP contribution is 2.16. The van der Waals surface area contributed by atoms with Gasteiger partial charge in [0.25, 0.3) is 0 Å². The number of nitrogens with zero attached hydrogens (tertiary/aromatic N) is 1. The summed E-state index contributed by atoms with van der Waals surface area (Å²) in [4.78, 5) is 2.72. The summed E-state index contributed by atoms with van der Waals surface area (Å²) in [6, 6.07) is 1.44. The van der Waals surface area contributed by atoms with Gasteiger partial charge in [0.1, 0.15) is 0 Å². The van der Waals surface area contributed by atoms with Crippen molar-refractivity contribution in [3.8, 4) is 0 Å². The van der Waals surface area contributed by atoms with Crippen LogP contribution in [0.25, 0.3) is 0 Å². The number of thioether (sulfide) groups is 1. The predicted octanol–water partition coefficient (Wildman–Crippen LogP) is 3.23. The van der Waals surface area contributed by atoms with Gasteiger partial charge in [0.2, 0.25) is 0 Å². The van der Waals surface area contributed by atoms with E-state index in [2.05, 4.69) is 49.7 Å². The van der Waals surface area contributed by atoms with Crippen molar-refractivity contribution in [2.45, 2.75) is 59.0 Å². The molecule has 2 nitrogen and oxygen atoms in total. The smallest absolute Gasteiger partial charge is 0.0220 e. The maximum absolute atomic E-state index is 3.75. The SMILES string of the molecule is CCSCCCN1CC(C(C)CC)NCCC1C. The first-order valence-corrected chi connectivity index (χ1v) is 8.89. The first-order valence-electron chi connectivity index (χ1n) is 7.74. The van der Waals surface area contributed by atoms with Gasteiger partial charge in [0.05, 0.1) is 0 Å². The summed E-state index contributed by atoms with van der Waals surface area (Å²) in [5.74, 6) is 3.37. The lowest BCUT2D eigenvalue weighted by molar-refractivity contribution is 0.189. The van der Waals surface area contributed by atoms with E-state index in [9.17, 15) is 0 Å².